The van der Waals surface area contributed by atoms with Gasteiger partial charge in [0.05, 0.1) is 13.2 Å². The zero-order valence-corrected chi connectivity index (χ0v) is 12.0. The number of ether oxygens (including phenoxy) is 1. The van der Waals surface area contributed by atoms with E-state index in [9.17, 15) is 4.79 Å². The Morgan fingerprint density at radius 2 is 2.19 bits per heavy atom. The Morgan fingerprint density at radius 1 is 1.33 bits per heavy atom. The largest absolute Gasteiger partial charge is 0.379 e. The molecule has 0 atom stereocenters. The van der Waals surface area contributed by atoms with Crippen LogP contribution in [0.2, 0.25) is 0 Å². The van der Waals surface area contributed by atoms with E-state index in [1.165, 1.54) is 0 Å². The molecule has 1 saturated heterocycles. The Labute approximate surface area is 123 Å². The summed E-state index contributed by atoms with van der Waals surface area (Å²) < 4.78 is 7.17. The summed E-state index contributed by atoms with van der Waals surface area (Å²) >= 11 is 0. The lowest BCUT2D eigenvalue weighted by Crippen LogP contribution is -2.41. The van der Waals surface area contributed by atoms with Gasteiger partial charge in [0.2, 0.25) is 5.91 Å². The highest BCUT2D eigenvalue weighted by molar-refractivity contribution is 5.80. The van der Waals surface area contributed by atoms with Crippen LogP contribution in [0, 0.1) is 0 Å². The molecular formula is C15H20N4O2. The minimum atomic E-state index is 0.0198. The van der Waals surface area contributed by atoms with Crippen molar-refractivity contribution in [2.45, 2.75) is 6.54 Å². The van der Waals surface area contributed by atoms with Crippen molar-refractivity contribution in [2.75, 3.05) is 39.4 Å². The fourth-order valence-corrected chi connectivity index (χ4v) is 2.54. The van der Waals surface area contributed by atoms with Gasteiger partial charge in [-0.25, -0.2) is 4.98 Å². The molecule has 1 N–H and O–H groups in total. The fraction of sp³-hybridized carbons (Fsp3) is 0.467. The number of carbonyl (C=O) groups is 1. The molecule has 0 radical (unpaired) electrons. The standard InChI is InChI=1S/C15H20N4O2/c20-14(16-5-7-18-8-10-21-11-9-18)12-19-6-3-13-2-1-4-17-15(13)19/h1-4,6H,5,7-12H2,(H,16,20). The third-order valence-corrected chi connectivity index (χ3v) is 3.69. The summed E-state index contributed by atoms with van der Waals surface area (Å²) in [7, 11) is 0. The Kier molecular flexibility index (Phi) is 4.47. The van der Waals surface area contributed by atoms with Crippen molar-refractivity contribution in [3.63, 3.8) is 0 Å². The van der Waals surface area contributed by atoms with Gasteiger partial charge in [-0.05, 0) is 18.2 Å². The molecule has 6 nitrogen and oxygen atoms in total. The minimum absolute atomic E-state index is 0.0198. The lowest BCUT2D eigenvalue weighted by Gasteiger charge is -2.26. The first-order chi connectivity index (χ1) is 10.3. The number of hydrogen-bond donors (Lipinski definition) is 1. The predicted octanol–water partition coefficient (Wildman–Crippen LogP) is 0.485. The Balaban J connectivity index is 1.47. The molecule has 1 fully saturated rings. The normalized spacial score (nSPS) is 16.2. The number of morpholine rings is 1. The third-order valence-electron chi connectivity index (χ3n) is 3.69. The molecule has 6 heteroatoms. The second kappa shape index (κ2) is 6.69. The number of nitrogens with zero attached hydrogens (tertiary/aromatic N) is 3. The summed E-state index contributed by atoms with van der Waals surface area (Å²) in [5.41, 5.74) is 0.848. The molecule has 0 unspecified atom stereocenters. The van der Waals surface area contributed by atoms with E-state index in [-0.39, 0.29) is 5.91 Å². The SMILES string of the molecule is O=C(Cn1ccc2cccnc21)NCCN1CCOCC1. The van der Waals surface area contributed by atoms with Gasteiger partial charge in [-0.1, -0.05) is 0 Å². The van der Waals surface area contributed by atoms with E-state index >= 15 is 0 Å². The van der Waals surface area contributed by atoms with Crippen molar-refractivity contribution in [2.24, 2.45) is 0 Å². The second-order valence-corrected chi connectivity index (χ2v) is 5.16. The quantitative estimate of drug-likeness (QED) is 0.869. The van der Waals surface area contributed by atoms with E-state index < -0.39 is 0 Å². The highest BCUT2D eigenvalue weighted by atomic mass is 16.5. The number of carbonyl (C=O) groups excluding carboxylic acids is 1. The van der Waals surface area contributed by atoms with Gasteiger partial charge >= 0.3 is 0 Å². The molecule has 0 spiro atoms. The van der Waals surface area contributed by atoms with Gasteiger partial charge < -0.3 is 14.6 Å². The summed E-state index contributed by atoms with van der Waals surface area (Å²) in [5, 5.41) is 4.02. The van der Waals surface area contributed by atoms with Crippen LogP contribution in [0.3, 0.4) is 0 Å². The van der Waals surface area contributed by atoms with Crippen LogP contribution in [0.25, 0.3) is 11.0 Å². The van der Waals surface area contributed by atoms with Crippen LogP contribution in [0.1, 0.15) is 0 Å². The summed E-state index contributed by atoms with van der Waals surface area (Å²) in [6.45, 7) is 5.32. The molecule has 3 rings (SSSR count). The van der Waals surface area contributed by atoms with Crippen molar-refractivity contribution in [3.8, 4) is 0 Å². The van der Waals surface area contributed by atoms with Crippen molar-refractivity contribution >= 4 is 16.9 Å². The average molecular weight is 288 g/mol. The summed E-state index contributed by atoms with van der Waals surface area (Å²) in [5.74, 6) is 0.0198. The summed E-state index contributed by atoms with van der Waals surface area (Å²) in [6.07, 6.45) is 3.65. The highest BCUT2D eigenvalue weighted by Crippen LogP contribution is 2.11. The first-order valence-corrected chi connectivity index (χ1v) is 7.29. The topological polar surface area (TPSA) is 59.4 Å². The van der Waals surface area contributed by atoms with Gasteiger partial charge in [0.25, 0.3) is 0 Å². The molecule has 0 aromatic carbocycles. The van der Waals surface area contributed by atoms with Crippen LogP contribution in [0.4, 0.5) is 0 Å². The Hall–Kier alpha value is -1.92. The first-order valence-electron chi connectivity index (χ1n) is 7.29. The predicted molar refractivity (Wildman–Crippen MR) is 80.0 cm³/mol. The van der Waals surface area contributed by atoms with Crippen LogP contribution in [0.15, 0.2) is 30.6 Å². The summed E-state index contributed by atoms with van der Waals surface area (Å²) in [6, 6.07) is 5.87. The maximum atomic E-state index is 12.0. The number of amides is 1. The van der Waals surface area contributed by atoms with E-state index in [1.54, 1.807) is 6.20 Å². The number of fused-ring (bicyclic) bond motifs is 1. The van der Waals surface area contributed by atoms with Crippen LogP contribution < -0.4 is 5.32 Å². The highest BCUT2D eigenvalue weighted by Gasteiger charge is 2.11. The molecule has 0 aliphatic carbocycles. The fourth-order valence-electron chi connectivity index (χ4n) is 2.54. The first kappa shape index (κ1) is 14.0. The monoisotopic (exact) mass is 288 g/mol. The Bertz CT molecular complexity index is 604. The molecule has 3 heterocycles. The number of rotatable bonds is 5. The number of nitrogens with one attached hydrogen (secondary N) is 1. The minimum Gasteiger partial charge on any atom is -0.379 e. The maximum absolute atomic E-state index is 12.0. The van der Waals surface area contributed by atoms with Gasteiger partial charge in [0.1, 0.15) is 12.2 Å². The molecule has 21 heavy (non-hydrogen) atoms. The van der Waals surface area contributed by atoms with E-state index in [4.69, 9.17) is 4.74 Å². The molecule has 0 saturated carbocycles. The van der Waals surface area contributed by atoms with E-state index in [0.29, 0.717) is 13.1 Å². The molecule has 2 aromatic rings. The van der Waals surface area contributed by atoms with Crippen LogP contribution in [-0.2, 0) is 16.1 Å². The van der Waals surface area contributed by atoms with E-state index in [0.717, 1.165) is 43.9 Å². The summed E-state index contributed by atoms with van der Waals surface area (Å²) in [4.78, 5) is 18.6. The molecule has 2 aromatic heterocycles. The van der Waals surface area contributed by atoms with Crippen molar-refractivity contribution in [1.29, 1.82) is 0 Å². The van der Waals surface area contributed by atoms with Crippen molar-refractivity contribution in [3.05, 3.63) is 30.6 Å². The average Bonchev–Trinajstić information content (AvgIpc) is 2.92. The van der Waals surface area contributed by atoms with E-state index in [1.807, 2.05) is 29.0 Å². The second-order valence-electron chi connectivity index (χ2n) is 5.16. The zero-order chi connectivity index (χ0) is 14.5. The van der Waals surface area contributed by atoms with Crippen molar-refractivity contribution < 1.29 is 9.53 Å². The van der Waals surface area contributed by atoms with Crippen LogP contribution in [-0.4, -0.2) is 59.8 Å². The molecule has 112 valence electrons. The Morgan fingerprint density at radius 3 is 3.05 bits per heavy atom. The van der Waals surface area contributed by atoms with Crippen molar-refractivity contribution in [1.82, 2.24) is 19.8 Å². The van der Waals surface area contributed by atoms with Gasteiger partial charge in [0.15, 0.2) is 0 Å². The third kappa shape index (κ3) is 3.59. The molecule has 0 bridgehead atoms. The lowest BCUT2D eigenvalue weighted by atomic mass is 10.3. The van der Waals surface area contributed by atoms with Crippen LogP contribution in [0.5, 0.6) is 0 Å². The smallest absolute Gasteiger partial charge is 0.240 e. The molecule has 1 aliphatic heterocycles. The zero-order valence-electron chi connectivity index (χ0n) is 12.0. The van der Waals surface area contributed by atoms with Gasteiger partial charge in [-0.2, -0.15) is 0 Å². The molecule has 1 amide bonds. The lowest BCUT2D eigenvalue weighted by molar-refractivity contribution is -0.121. The van der Waals surface area contributed by atoms with Gasteiger partial charge in [-0.3, -0.25) is 9.69 Å². The van der Waals surface area contributed by atoms with E-state index in [2.05, 4.69) is 15.2 Å². The number of hydrogen-bond acceptors (Lipinski definition) is 4. The maximum Gasteiger partial charge on any atom is 0.240 e. The van der Waals surface area contributed by atoms with Gasteiger partial charge in [0, 0.05) is 44.0 Å². The molecular weight excluding hydrogens is 268 g/mol. The molecule has 1 aliphatic rings. The number of pyridine rings is 1. The number of aromatic nitrogens is 2. The van der Waals surface area contributed by atoms with Crippen LogP contribution >= 0.6 is 0 Å². The van der Waals surface area contributed by atoms with Gasteiger partial charge in [-0.15, -0.1) is 0 Å².